The molecule has 0 spiro atoms. The first kappa shape index (κ1) is 17.5. The summed E-state index contributed by atoms with van der Waals surface area (Å²) in [6.07, 6.45) is 1.57. The van der Waals surface area contributed by atoms with E-state index in [-0.39, 0.29) is 21.9 Å². The molecule has 0 aliphatic rings. The highest BCUT2D eigenvalue weighted by Gasteiger charge is 2.24. The Morgan fingerprint density at radius 1 is 1.35 bits per heavy atom. The number of benzene rings is 1. The van der Waals surface area contributed by atoms with Crippen molar-refractivity contribution in [2.45, 2.75) is 44.0 Å². The summed E-state index contributed by atoms with van der Waals surface area (Å²) in [4.78, 5) is 12.1. The smallest absolute Gasteiger partial charge is 0.262 e. The van der Waals surface area contributed by atoms with Gasteiger partial charge in [-0.3, -0.25) is 4.79 Å². The molecule has 1 N–H and O–H groups in total. The van der Waals surface area contributed by atoms with Crippen molar-refractivity contribution >= 4 is 41.6 Å². The SMILES string of the molecule is CCC(C)(CC)NC(=O)c1ccc(Br)c(S(=O)(=O)Cl)c1. The van der Waals surface area contributed by atoms with Crippen molar-refractivity contribution in [3.05, 3.63) is 28.2 Å². The Morgan fingerprint density at radius 3 is 2.35 bits per heavy atom. The molecule has 0 radical (unpaired) electrons. The van der Waals surface area contributed by atoms with Gasteiger partial charge < -0.3 is 5.32 Å². The third-order valence-corrected chi connectivity index (χ3v) is 5.75. The number of hydrogen-bond donors (Lipinski definition) is 1. The van der Waals surface area contributed by atoms with Gasteiger partial charge in [0.05, 0.1) is 4.90 Å². The second-order valence-corrected chi connectivity index (χ2v) is 8.19. The van der Waals surface area contributed by atoms with Gasteiger partial charge in [0.15, 0.2) is 0 Å². The van der Waals surface area contributed by atoms with Crippen LogP contribution in [-0.2, 0) is 9.05 Å². The highest BCUT2D eigenvalue weighted by Crippen LogP contribution is 2.26. The van der Waals surface area contributed by atoms with Crippen LogP contribution in [0.15, 0.2) is 27.6 Å². The van der Waals surface area contributed by atoms with Gasteiger partial charge >= 0.3 is 0 Å². The minimum atomic E-state index is -3.90. The van der Waals surface area contributed by atoms with Crippen LogP contribution in [0.2, 0.25) is 0 Å². The first-order valence-corrected chi connectivity index (χ1v) is 9.30. The molecule has 0 bridgehead atoms. The summed E-state index contributed by atoms with van der Waals surface area (Å²) in [5.41, 5.74) is -0.0509. The standard InChI is InChI=1S/C13H17BrClNO3S/c1-4-13(3,5-2)16-12(17)9-6-7-10(14)11(8-9)20(15,18)19/h6-8H,4-5H2,1-3H3,(H,16,17). The summed E-state index contributed by atoms with van der Waals surface area (Å²) in [5.74, 6) is -0.315. The molecule has 0 aromatic heterocycles. The van der Waals surface area contributed by atoms with Crippen LogP contribution in [0.3, 0.4) is 0 Å². The molecule has 0 atom stereocenters. The molecule has 20 heavy (non-hydrogen) atoms. The predicted octanol–water partition coefficient (Wildman–Crippen LogP) is 3.69. The summed E-state index contributed by atoms with van der Waals surface area (Å²) in [5, 5.41) is 2.92. The molecular formula is C13H17BrClNO3S. The molecule has 0 saturated heterocycles. The first-order valence-electron chi connectivity index (χ1n) is 6.19. The van der Waals surface area contributed by atoms with E-state index in [2.05, 4.69) is 21.2 Å². The number of amides is 1. The zero-order chi connectivity index (χ0) is 15.6. The van der Waals surface area contributed by atoms with Gasteiger partial charge in [-0.2, -0.15) is 0 Å². The molecule has 0 fully saturated rings. The van der Waals surface area contributed by atoms with E-state index in [1.807, 2.05) is 20.8 Å². The molecule has 0 heterocycles. The van der Waals surface area contributed by atoms with Crippen LogP contribution in [0, 0.1) is 0 Å². The Hall–Kier alpha value is -0.590. The number of rotatable bonds is 5. The Morgan fingerprint density at radius 2 is 1.90 bits per heavy atom. The molecule has 0 aliphatic carbocycles. The lowest BCUT2D eigenvalue weighted by atomic mass is 9.95. The predicted molar refractivity (Wildman–Crippen MR) is 83.6 cm³/mol. The molecule has 7 heteroatoms. The van der Waals surface area contributed by atoms with E-state index >= 15 is 0 Å². The van der Waals surface area contributed by atoms with Crippen molar-refractivity contribution in [1.82, 2.24) is 5.32 Å². The van der Waals surface area contributed by atoms with Crippen LogP contribution in [-0.4, -0.2) is 19.9 Å². The fraction of sp³-hybridized carbons (Fsp3) is 0.462. The maximum atomic E-state index is 12.2. The topological polar surface area (TPSA) is 63.2 Å². The molecule has 112 valence electrons. The Balaban J connectivity index is 3.13. The van der Waals surface area contributed by atoms with E-state index in [1.165, 1.54) is 12.1 Å². The van der Waals surface area contributed by atoms with Crippen molar-refractivity contribution < 1.29 is 13.2 Å². The summed E-state index contributed by atoms with van der Waals surface area (Å²) in [7, 11) is 1.44. The maximum Gasteiger partial charge on any atom is 0.262 e. The molecule has 0 unspecified atom stereocenters. The third-order valence-electron chi connectivity index (χ3n) is 3.43. The van der Waals surface area contributed by atoms with Crippen LogP contribution in [0.1, 0.15) is 44.0 Å². The number of nitrogens with one attached hydrogen (secondary N) is 1. The highest BCUT2D eigenvalue weighted by molar-refractivity contribution is 9.10. The van der Waals surface area contributed by atoms with E-state index in [0.29, 0.717) is 4.47 Å². The quantitative estimate of drug-likeness (QED) is 0.790. The minimum Gasteiger partial charge on any atom is -0.347 e. The zero-order valence-electron chi connectivity index (χ0n) is 11.5. The van der Waals surface area contributed by atoms with Crippen molar-refractivity contribution in [2.24, 2.45) is 0 Å². The second kappa shape index (κ2) is 6.45. The average Bonchev–Trinajstić information content (AvgIpc) is 2.37. The van der Waals surface area contributed by atoms with Crippen LogP contribution < -0.4 is 5.32 Å². The molecule has 1 aromatic rings. The van der Waals surface area contributed by atoms with Crippen molar-refractivity contribution in [1.29, 1.82) is 0 Å². The Kier molecular flexibility index (Phi) is 5.63. The second-order valence-electron chi connectivity index (χ2n) is 4.80. The molecule has 0 saturated carbocycles. The lowest BCUT2D eigenvalue weighted by Crippen LogP contribution is -2.44. The van der Waals surface area contributed by atoms with Crippen molar-refractivity contribution in [3.8, 4) is 0 Å². The van der Waals surface area contributed by atoms with Crippen LogP contribution in [0.5, 0.6) is 0 Å². The van der Waals surface area contributed by atoms with Crippen LogP contribution in [0.4, 0.5) is 0 Å². The minimum absolute atomic E-state index is 0.110. The summed E-state index contributed by atoms with van der Waals surface area (Å²) >= 11 is 3.11. The largest absolute Gasteiger partial charge is 0.347 e. The molecule has 1 amide bonds. The van der Waals surface area contributed by atoms with Gasteiger partial charge in [0.1, 0.15) is 0 Å². The molecular weight excluding hydrogens is 366 g/mol. The fourth-order valence-corrected chi connectivity index (χ4v) is 3.72. The van der Waals surface area contributed by atoms with Gasteiger partial charge in [0.25, 0.3) is 15.0 Å². The number of halogens is 2. The fourth-order valence-electron chi connectivity index (χ4n) is 1.60. The monoisotopic (exact) mass is 381 g/mol. The normalized spacial score (nSPS) is 12.2. The number of carbonyl (C=O) groups excluding carboxylic acids is 1. The van der Waals surface area contributed by atoms with E-state index in [1.54, 1.807) is 6.07 Å². The maximum absolute atomic E-state index is 12.2. The number of hydrogen-bond acceptors (Lipinski definition) is 3. The lowest BCUT2D eigenvalue weighted by molar-refractivity contribution is 0.0901. The van der Waals surface area contributed by atoms with Crippen molar-refractivity contribution in [3.63, 3.8) is 0 Å². The number of carbonyl (C=O) groups is 1. The Bertz CT molecular complexity index is 612. The van der Waals surface area contributed by atoms with Gasteiger partial charge in [0.2, 0.25) is 0 Å². The highest BCUT2D eigenvalue weighted by atomic mass is 79.9. The van der Waals surface area contributed by atoms with E-state index in [0.717, 1.165) is 12.8 Å². The van der Waals surface area contributed by atoms with Gasteiger partial charge in [-0.25, -0.2) is 8.42 Å². The van der Waals surface area contributed by atoms with E-state index < -0.39 is 9.05 Å². The van der Waals surface area contributed by atoms with Gasteiger partial charge in [-0.05, 0) is 53.9 Å². The van der Waals surface area contributed by atoms with Gasteiger partial charge in [-0.1, -0.05) is 13.8 Å². The zero-order valence-corrected chi connectivity index (χ0v) is 14.7. The summed E-state index contributed by atoms with van der Waals surface area (Å²) in [6.45, 7) is 5.92. The van der Waals surface area contributed by atoms with Gasteiger partial charge in [-0.15, -0.1) is 0 Å². The van der Waals surface area contributed by atoms with E-state index in [9.17, 15) is 13.2 Å². The molecule has 1 rings (SSSR count). The molecule has 4 nitrogen and oxygen atoms in total. The van der Waals surface area contributed by atoms with Crippen molar-refractivity contribution in [2.75, 3.05) is 0 Å². The van der Waals surface area contributed by atoms with Gasteiger partial charge in [0, 0.05) is 26.3 Å². The summed E-state index contributed by atoms with van der Waals surface area (Å²) < 4.78 is 23.2. The Labute approximate surface area is 132 Å². The average molecular weight is 383 g/mol. The third kappa shape index (κ3) is 4.20. The van der Waals surface area contributed by atoms with Crippen LogP contribution in [0.25, 0.3) is 0 Å². The first-order chi connectivity index (χ1) is 9.13. The van der Waals surface area contributed by atoms with E-state index in [4.69, 9.17) is 10.7 Å². The summed E-state index contributed by atoms with van der Waals surface area (Å²) in [6, 6.07) is 4.32. The molecule has 1 aromatic carbocycles. The lowest BCUT2D eigenvalue weighted by Gasteiger charge is -2.28. The van der Waals surface area contributed by atoms with Crippen LogP contribution >= 0.6 is 26.6 Å². The molecule has 0 aliphatic heterocycles.